The normalized spacial score (nSPS) is 27.6. The van der Waals surface area contributed by atoms with Gasteiger partial charge < -0.3 is 40.5 Å². The van der Waals surface area contributed by atoms with Gasteiger partial charge in [0.1, 0.15) is 47.0 Å². The van der Waals surface area contributed by atoms with Gasteiger partial charge in [0.05, 0.1) is 22.3 Å². The van der Waals surface area contributed by atoms with E-state index in [1.54, 1.807) is 25.2 Å². The number of ether oxygens (including phenoxy) is 4. The minimum atomic E-state index is -1.83. The molecule has 0 radical (unpaired) electrons. The molecule has 0 bridgehead atoms. The van der Waals surface area contributed by atoms with Crippen molar-refractivity contribution in [3.05, 3.63) is 112 Å². The summed E-state index contributed by atoms with van der Waals surface area (Å²) in [6.45, 7) is 9.88. The fourth-order valence-electron chi connectivity index (χ4n) is 9.85. The zero-order valence-electron chi connectivity index (χ0n) is 38.6. The Kier molecular flexibility index (Phi) is 13.9. The highest BCUT2D eigenvalue weighted by atomic mass is 79.9. The summed E-state index contributed by atoms with van der Waals surface area (Å²) in [5, 5.41) is 20.0. The molecule has 0 amide bonds. The lowest BCUT2D eigenvalue weighted by molar-refractivity contribution is -0.199. The molecule has 2 fully saturated rings. The summed E-state index contributed by atoms with van der Waals surface area (Å²) < 4.78 is 77.9. The monoisotopic (exact) mass is 1010 g/mol. The smallest absolute Gasteiger partial charge is 0.488 e. The number of nitrogens with two attached hydrogens (primary N) is 2. The highest BCUT2D eigenvalue weighted by Gasteiger charge is 2.53. The van der Waals surface area contributed by atoms with E-state index in [1.807, 2.05) is 30.3 Å². The maximum atomic E-state index is 13.8. The van der Waals surface area contributed by atoms with Crippen molar-refractivity contribution in [1.82, 2.24) is 10.1 Å². The molecule has 14 nitrogen and oxygen atoms in total. The number of fused-ring (bicyclic) bond motifs is 4. The van der Waals surface area contributed by atoms with Crippen LogP contribution in [0.1, 0.15) is 77.3 Å². The summed E-state index contributed by atoms with van der Waals surface area (Å²) in [6, 6.07) is 17.2. The molecule has 4 aromatic rings. The third kappa shape index (κ3) is 10.8. The van der Waals surface area contributed by atoms with Crippen LogP contribution in [0, 0.1) is 35.1 Å². The molecule has 2 spiro atoms. The summed E-state index contributed by atoms with van der Waals surface area (Å²) in [4.78, 5) is 21.7. The summed E-state index contributed by atoms with van der Waals surface area (Å²) in [6.07, 6.45) is 4.67. The Balaban J connectivity index is 0.000000154. The zero-order chi connectivity index (χ0) is 48.9. The van der Waals surface area contributed by atoms with Gasteiger partial charge >= 0.3 is 7.12 Å². The van der Waals surface area contributed by atoms with Crippen molar-refractivity contribution in [1.29, 1.82) is 0 Å². The van der Waals surface area contributed by atoms with Crippen LogP contribution in [0.25, 0.3) is 11.1 Å². The lowest BCUT2D eigenvalue weighted by Crippen LogP contribution is -2.46. The standard InChI is InChI=1S/C24H27F2N3O3.C18H24BrN3O3.C6H5BF2O2/c1-23(2)12-15(6-7-30-23)21-13-24(28-22(27)29(3)32-24)19-10-14(4-5-20(19)31-21)16-8-17(25)11-18(26)9-16;1-17(2)9-11(6-7-23-17)15-10-18(21-16(20)22(3)25-18)13-8-12(19)4-5-14(13)24-15;8-5-1-4(7(10)11)2-6(9)3-5/h4-5,8-11,15,21H,6-7,12-13H2,1-3H3,(H2,27,28);4-5,8,11,15H,6-7,9-10H2,1-3H3,(H2,20,21);1-3,10-11H. The Morgan fingerprint density at radius 3 is 1.49 bits per heavy atom. The first-order valence-corrected chi connectivity index (χ1v) is 23.2. The molecular weight excluding hydrogens is 955 g/mol. The summed E-state index contributed by atoms with van der Waals surface area (Å²) >= 11 is 3.54. The highest BCUT2D eigenvalue weighted by Crippen LogP contribution is 2.51. The predicted octanol–water partition coefficient (Wildman–Crippen LogP) is 7.13. The molecule has 6 aliphatic rings. The van der Waals surface area contributed by atoms with Gasteiger partial charge in [0.25, 0.3) is 0 Å². The highest BCUT2D eigenvalue weighted by molar-refractivity contribution is 9.10. The van der Waals surface area contributed by atoms with Crippen molar-refractivity contribution >= 4 is 40.4 Å². The molecule has 68 heavy (non-hydrogen) atoms. The molecule has 20 heteroatoms. The van der Waals surface area contributed by atoms with Gasteiger partial charge in [0.15, 0.2) is 0 Å². The number of halogens is 5. The van der Waals surface area contributed by atoms with Crippen molar-refractivity contribution < 1.29 is 56.2 Å². The van der Waals surface area contributed by atoms with Crippen LogP contribution in [0.15, 0.2) is 87.3 Å². The topological polar surface area (TPSA) is 179 Å². The molecule has 364 valence electrons. The van der Waals surface area contributed by atoms with Crippen LogP contribution in [-0.2, 0) is 30.6 Å². The summed E-state index contributed by atoms with van der Waals surface area (Å²) in [5.41, 5.74) is 12.4. The first-order chi connectivity index (χ1) is 32.0. The number of rotatable bonds is 4. The fourth-order valence-corrected chi connectivity index (χ4v) is 10.2. The molecule has 4 aromatic carbocycles. The van der Waals surface area contributed by atoms with Crippen molar-refractivity contribution in [3.63, 3.8) is 0 Å². The van der Waals surface area contributed by atoms with E-state index in [-0.39, 0.29) is 40.8 Å². The molecule has 0 saturated carbocycles. The van der Waals surface area contributed by atoms with E-state index in [1.165, 1.54) is 17.2 Å². The van der Waals surface area contributed by atoms with Crippen LogP contribution in [0.2, 0.25) is 0 Å². The number of hydrogen-bond acceptors (Lipinski definition) is 14. The van der Waals surface area contributed by atoms with E-state index in [2.05, 4.69) is 43.6 Å². The second kappa shape index (κ2) is 19.1. The van der Waals surface area contributed by atoms with Crippen molar-refractivity contribution in [3.8, 4) is 22.6 Å². The lowest BCUT2D eigenvalue weighted by Gasteiger charge is -2.44. The number of nitrogens with zero attached hydrogens (tertiary/aromatic N) is 4. The van der Waals surface area contributed by atoms with Crippen molar-refractivity contribution in [2.45, 2.75) is 101 Å². The van der Waals surface area contributed by atoms with Crippen LogP contribution in [0.3, 0.4) is 0 Å². The Hall–Kier alpha value is -4.96. The first kappa shape index (κ1) is 49.5. The molecule has 6 aliphatic heterocycles. The Morgan fingerprint density at radius 2 is 1.06 bits per heavy atom. The Bertz CT molecular complexity index is 2550. The first-order valence-electron chi connectivity index (χ1n) is 22.4. The molecule has 6 unspecified atom stereocenters. The SMILES string of the molecule is CN1OC2(CC(C3CCOC(C)(C)C3)Oc3ccc(-c4cc(F)cc(F)c4)cc32)N=C1N.CN1OC2(CC(C3CCOC(C)(C)C3)Oc3ccc(Br)cc32)N=C1N.OB(O)c1cc(F)cc(F)c1. The third-order valence-corrected chi connectivity index (χ3v) is 13.5. The van der Waals surface area contributed by atoms with Gasteiger partial charge in [-0.05, 0) is 125 Å². The van der Waals surface area contributed by atoms with E-state index >= 15 is 0 Å². The summed E-state index contributed by atoms with van der Waals surface area (Å²) in [5.74, 6) is -0.148. The zero-order valence-corrected chi connectivity index (χ0v) is 40.2. The van der Waals surface area contributed by atoms with E-state index < -0.39 is 41.8 Å². The maximum Gasteiger partial charge on any atom is 0.488 e. The molecule has 10 rings (SSSR count). The number of hydrogen-bond donors (Lipinski definition) is 4. The largest absolute Gasteiger partial charge is 0.489 e. The number of guanidine groups is 2. The van der Waals surface area contributed by atoms with Gasteiger partial charge in [-0.3, -0.25) is 0 Å². The van der Waals surface area contributed by atoms with Gasteiger partial charge in [-0.15, -0.1) is 0 Å². The predicted molar refractivity (Wildman–Crippen MR) is 250 cm³/mol. The van der Waals surface area contributed by atoms with Gasteiger partial charge in [-0.2, -0.15) is 0 Å². The minimum Gasteiger partial charge on any atom is -0.489 e. The molecule has 6 atom stereocenters. The van der Waals surface area contributed by atoms with Crippen LogP contribution < -0.4 is 26.4 Å². The van der Waals surface area contributed by atoms with Crippen molar-refractivity contribution in [2.24, 2.45) is 33.3 Å². The molecular formula is C48H56BBrF4N6O8. The van der Waals surface area contributed by atoms with E-state index in [4.69, 9.17) is 60.1 Å². The Labute approximate surface area is 401 Å². The van der Waals surface area contributed by atoms with E-state index in [0.717, 1.165) is 66.3 Å². The molecule has 2 saturated heterocycles. The van der Waals surface area contributed by atoms with Crippen LogP contribution in [0.5, 0.6) is 11.5 Å². The molecule has 6 N–H and O–H groups in total. The van der Waals surface area contributed by atoms with Gasteiger partial charge in [-0.25, -0.2) is 47.3 Å². The average Bonchev–Trinajstić information content (AvgIpc) is 3.70. The maximum absolute atomic E-state index is 13.8. The molecule has 0 aromatic heterocycles. The van der Waals surface area contributed by atoms with Crippen LogP contribution >= 0.6 is 15.9 Å². The molecule has 0 aliphatic carbocycles. The van der Waals surface area contributed by atoms with Gasteiger partial charge in [-0.1, -0.05) is 22.0 Å². The van der Waals surface area contributed by atoms with E-state index in [0.29, 0.717) is 59.8 Å². The summed E-state index contributed by atoms with van der Waals surface area (Å²) in [7, 11) is 1.66. The second-order valence-electron chi connectivity index (χ2n) is 19.2. The van der Waals surface area contributed by atoms with Crippen LogP contribution in [0.4, 0.5) is 17.6 Å². The van der Waals surface area contributed by atoms with Gasteiger partial charge in [0.2, 0.25) is 23.4 Å². The average molecular weight is 1010 g/mol. The molecule has 6 heterocycles. The second-order valence-corrected chi connectivity index (χ2v) is 20.1. The number of aliphatic imine (C=N–C) groups is 2. The lowest BCUT2D eigenvalue weighted by atomic mass is 9.79. The van der Waals surface area contributed by atoms with E-state index in [9.17, 15) is 17.6 Å². The quantitative estimate of drug-likeness (QED) is 0.120. The fraction of sp³-hybridized carbons (Fsp3) is 0.458. The number of hydroxylamine groups is 4. The van der Waals surface area contributed by atoms with Crippen molar-refractivity contribution in [2.75, 3.05) is 27.3 Å². The van der Waals surface area contributed by atoms with Gasteiger partial charge in [0, 0.05) is 68.6 Å². The minimum absolute atomic E-state index is 0.0138. The number of benzene rings is 4. The Morgan fingerprint density at radius 1 is 0.618 bits per heavy atom. The van der Waals surface area contributed by atoms with Crippen LogP contribution in [-0.4, -0.2) is 89.9 Å². The third-order valence-electron chi connectivity index (χ3n) is 13.0.